The van der Waals surface area contributed by atoms with Crippen molar-refractivity contribution in [1.29, 1.82) is 0 Å². The van der Waals surface area contributed by atoms with Crippen LogP contribution in [0.25, 0.3) is 0 Å². The summed E-state index contributed by atoms with van der Waals surface area (Å²) >= 11 is 0. The van der Waals surface area contributed by atoms with Crippen molar-refractivity contribution >= 4 is 12.0 Å². The molecule has 0 heterocycles. The topological polar surface area (TPSA) is 49.8 Å². The molecule has 5 heteroatoms. The number of methoxy groups -OCH3 is 1. The van der Waals surface area contributed by atoms with Crippen LogP contribution in [0.2, 0.25) is 0 Å². The molecule has 1 rings (SSSR count). The van der Waals surface area contributed by atoms with Crippen LogP contribution in [-0.4, -0.2) is 44.8 Å². The van der Waals surface area contributed by atoms with Crippen LogP contribution < -0.4 is 4.90 Å². The van der Waals surface area contributed by atoms with Gasteiger partial charge in [-0.15, -0.1) is 0 Å². The van der Waals surface area contributed by atoms with Crippen LogP contribution in [-0.2, 0) is 4.74 Å². The van der Waals surface area contributed by atoms with Crippen molar-refractivity contribution < 1.29 is 19.0 Å². The fourth-order valence-electron chi connectivity index (χ4n) is 1.58. The molecule has 0 amide bonds. The predicted molar refractivity (Wildman–Crippen MR) is 63.0 cm³/mol. The first-order valence-corrected chi connectivity index (χ1v) is 5.32. The Hall–Kier alpha value is -1.46. The monoisotopic (exact) mass is 241 g/mol. The minimum atomic E-state index is -0.452. The lowest BCUT2D eigenvalue weighted by Crippen LogP contribution is -2.31. The van der Waals surface area contributed by atoms with Gasteiger partial charge in [-0.05, 0) is 18.2 Å². The van der Waals surface area contributed by atoms with E-state index in [4.69, 9.17) is 9.84 Å². The molecule has 4 nitrogen and oxygen atoms in total. The number of nitrogens with zero attached hydrogens (tertiary/aromatic N) is 1. The minimum absolute atomic E-state index is 0.0423. The summed E-state index contributed by atoms with van der Waals surface area (Å²) < 4.78 is 17.9. The Morgan fingerprint density at radius 3 is 2.82 bits per heavy atom. The molecule has 0 atom stereocenters. The molecule has 17 heavy (non-hydrogen) atoms. The second-order valence-electron chi connectivity index (χ2n) is 3.52. The minimum Gasteiger partial charge on any atom is -0.395 e. The summed E-state index contributed by atoms with van der Waals surface area (Å²) in [6.07, 6.45) is 0.607. The molecule has 1 aromatic carbocycles. The number of carbonyl (C=O) groups is 1. The summed E-state index contributed by atoms with van der Waals surface area (Å²) in [6.45, 7) is 1.33. The zero-order valence-corrected chi connectivity index (χ0v) is 9.73. The highest BCUT2D eigenvalue weighted by atomic mass is 19.1. The van der Waals surface area contributed by atoms with Crippen molar-refractivity contribution in [2.24, 2.45) is 0 Å². The highest BCUT2D eigenvalue weighted by Gasteiger charge is 2.11. The van der Waals surface area contributed by atoms with Gasteiger partial charge in [-0.25, -0.2) is 4.39 Å². The Balaban J connectivity index is 2.95. The molecule has 94 valence electrons. The molecule has 0 aliphatic rings. The van der Waals surface area contributed by atoms with E-state index < -0.39 is 5.82 Å². The summed E-state index contributed by atoms with van der Waals surface area (Å²) in [5.41, 5.74) is 0.877. The number of hydrogen-bond donors (Lipinski definition) is 1. The van der Waals surface area contributed by atoms with Gasteiger partial charge in [0.15, 0.2) is 6.29 Å². The molecule has 0 saturated carbocycles. The SMILES string of the molecule is COCCN(CCO)c1ccc(F)cc1C=O. The maximum Gasteiger partial charge on any atom is 0.152 e. The van der Waals surface area contributed by atoms with Crippen LogP contribution in [0.3, 0.4) is 0 Å². The first-order valence-electron chi connectivity index (χ1n) is 5.32. The predicted octanol–water partition coefficient (Wildman–Crippen LogP) is 1.08. The zero-order valence-electron chi connectivity index (χ0n) is 9.73. The number of hydrogen-bond acceptors (Lipinski definition) is 4. The number of rotatable bonds is 7. The largest absolute Gasteiger partial charge is 0.395 e. The van der Waals surface area contributed by atoms with Gasteiger partial charge in [0.25, 0.3) is 0 Å². The molecule has 0 aliphatic carbocycles. The number of benzene rings is 1. The lowest BCUT2D eigenvalue weighted by Gasteiger charge is -2.24. The van der Waals surface area contributed by atoms with Crippen LogP contribution in [0.5, 0.6) is 0 Å². The van der Waals surface area contributed by atoms with Gasteiger partial charge in [0.05, 0.1) is 13.2 Å². The van der Waals surface area contributed by atoms with E-state index >= 15 is 0 Å². The Kier molecular flexibility index (Phi) is 5.59. The molecule has 0 spiro atoms. The molecule has 0 fully saturated rings. The molecule has 0 bridgehead atoms. The van der Waals surface area contributed by atoms with E-state index in [9.17, 15) is 9.18 Å². The van der Waals surface area contributed by atoms with Crippen molar-refractivity contribution in [2.75, 3.05) is 38.3 Å². The molecular formula is C12H16FNO3. The van der Waals surface area contributed by atoms with Gasteiger partial charge in [0, 0.05) is 31.5 Å². The quantitative estimate of drug-likeness (QED) is 0.726. The molecule has 1 N–H and O–H groups in total. The number of aliphatic hydroxyl groups is 1. The van der Waals surface area contributed by atoms with E-state index in [1.807, 2.05) is 0 Å². The van der Waals surface area contributed by atoms with Gasteiger partial charge in [-0.1, -0.05) is 0 Å². The van der Waals surface area contributed by atoms with Crippen molar-refractivity contribution in [3.63, 3.8) is 0 Å². The maximum atomic E-state index is 13.0. The summed E-state index contributed by atoms with van der Waals surface area (Å²) in [7, 11) is 1.57. The lowest BCUT2D eigenvalue weighted by atomic mass is 10.1. The Morgan fingerprint density at radius 1 is 1.47 bits per heavy atom. The first kappa shape index (κ1) is 13.6. The average molecular weight is 241 g/mol. The third-order valence-corrected chi connectivity index (χ3v) is 2.39. The van der Waals surface area contributed by atoms with Gasteiger partial charge in [-0.2, -0.15) is 0 Å². The lowest BCUT2D eigenvalue weighted by molar-refractivity contribution is 0.112. The molecule has 0 aliphatic heterocycles. The second kappa shape index (κ2) is 6.98. The van der Waals surface area contributed by atoms with Gasteiger partial charge < -0.3 is 14.7 Å². The van der Waals surface area contributed by atoms with Crippen LogP contribution in [0.1, 0.15) is 10.4 Å². The summed E-state index contributed by atoms with van der Waals surface area (Å²) in [6, 6.07) is 4.00. The standard InChI is InChI=1S/C12H16FNO3/c1-17-7-5-14(4-6-15)12-3-2-11(13)8-10(12)9-16/h2-3,8-9,15H,4-7H2,1H3. The van der Waals surface area contributed by atoms with Gasteiger partial charge in [0.1, 0.15) is 5.82 Å². The third kappa shape index (κ3) is 3.80. The average Bonchev–Trinajstić information content (AvgIpc) is 2.34. The molecule has 0 aromatic heterocycles. The van der Waals surface area contributed by atoms with E-state index in [2.05, 4.69) is 0 Å². The number of ether oxygens (including phenoxy) is 1. The maximum absolute atomic E-state index is 13.0. The van der Waals surface area contributed by atoms with Crippen LogP contribution in [0.4, 0.5) is 10.1 Å². The normalized spacial score (nSPS) is 10.3. The van der Waals surface area contributed by atoms with Gasteiger partial charge >= 0.3 is 0 Å². The summed E-state index contributed by atoms with van der Waals surface area (Å²) in [4.78, 5) is 12.7. The Bertz CT molecular complexity index is 371. The fraction of sp³-hybridized carbons (Fsp3) is 0.417. The number of carbonyl (C=O) groups excluding carboxylic acids is 1. The molecule has 1 aromatic rings. The fourth-order valence-corrected chi connectivity index (χ4v) is 1.58. The highest BCUT2D eigenvalue weighted by molar-refractivity contribution is 5.84. The zero-order chi connectivity index (χ0) is 12.7. The second-order valence-corrected chi connectivity index (χ2v) is 3.52. The number of aliphatic hydroxyl groups excluding tert-OH is 1. The van der Waals surface area contributed by atoms with Gasteiger partial charge in [-0.3, -0.25) is 4.79 Å². The third-order valence-electron chi connectivity index (χ3n) is 2.39. The molecule has 0 unspecified atom stereocenters. The number of halogens is 1. The van der Waals surface area contributed by atoms with Crippen molar-refractivity contribution in [3.05, 3.63) is 29.6 Å². The molecule has 0 radical (unpaired) electrons. The van der Waals surface area contributed by atoms with Gasteiger partial charge in [0.2, 0.25) is 0 Å². The van der Waals surface area contributed by atoms with E-state index in [0.29, 0.717) is 31.7 Å². The molecular weight excluding hydrogens is 225 g/mol. The summed E-state index contributed by atoms with van der Waals surface area (Å²) in [5, 5.41) is 8.97. The van der Waals surface area contributed by atoms with Crippen molar-refractivity contribution in [2.45, 2.75) is 0 Å². The molecule has 0 saturated heterocycles. The Morgan fingerprint density at radius 2 is 2.24 bits per heavy atom. The number of aldehydes is 1. The van der Waals surface area contributed by atoms with E-state index in [1.54, 1.807) is 12.0 Å². The summed E-state index contributed by atoms with van der Waals surface area (Å²) in [5.74, 6) is -0.452. The van der Waals surface area contributed by atoms with Crippen molar-refractivity contribution in [1.82, 2.24) is 0 Å². The van der Waals surface area contributed by atoms with E-state index in [1.165, 1.54) is 18.2 Å². The van der Waals surface area contributed by atoms with E-state index in [-0.39, 0.29) is 12.2 Å². The van der Waals surface area contributed by atoms with Crippen LogP contribution in [0, 0.1) is 5.82 Å². The highest BCUT2D eigenvalue weighted by Crippen LogP contribution is 2.19. The Labute approximate surface area is 99.6 Å². The first-order chi connectivity index (χ1) is 8.22. The van der Waals surface area contributed by atoms with Crippen LogP contribution in [0.15, 0.2) is 18.2 Å². The number of anilines is 1. The van der Waals surface area contributed by atoms with Crippen LogP contribution >= 0.6 is 0 Å². The smallest absolute Gasteiger partial charge is 0.152 e. The van der Waals surface area contributed by atoms with E-state index in [0.717, 1.165) is 0 Å². The van der Waals surface area contributed by atoms with Crippen molar-refractivity contribution in [3.8, 4) is 0 Å².